The van der Waals surface area contributed by atoms with Gasteiger partial charge in [-0.1, -0.05) is 27.7 Å². The Morgan fingerprint density at radius 1 is 0.500 bits per heavy atom. The van der Waals surface area contributed by atoms with Gasteiger partial charge < -0.3 is 9.47 Å². The largest absolute Gasteiger partial charge is 0.386 e. The van der Waals surface area contributed by atoms with Crippen LogP contribution in [-0.4, -0.2) is 23.9 Å². The molecule has 0 saturated heterocycles. The van der Waals surface area contributed by atoms with Crippen molar-refractivity contribution in [1.29, 1.82) is 0 Å². The number of hydrogen-bond acceptors (Lipinski definition) is 6. The fraction of sp³-hybridized carbons (Fsp3) is 0.222. The normalized spacial score (nSPS) is 14.0. The molecule has 2 heterocycles. The predicted molar refractivity (Wildman–Crippen MR) is 86.1 cm³/mol. The van der Waals surface area contributed by atoms with Crippen molar-refractivity contribution < 1.29 is 28.7 Å². The molecule has 0 unspecified atom stereocenters. The van der Waals surface area contributed by atoms with Crippen molar-refractivity contribution in [2.24, 2.45) is 0 Å². The molecule has 2 aromatic rings. The maximum absolute atomic E-state index is 11.7. The zero-order chi connectivity index (χ0) is 18.0. The standard InChI is InChI=1S/C14H4O6.2C2H6/c15-11-5-1-2-6-10-8(14(18)20-12(6)16)4-3-7(9(5)10)13(17)19-11;2*1-2/h1-4H;2*1-2H3. The smallest absolute Gasteiger partial charge is 0.346 e. The molecule has 6 heteroatoms. The van der Waals surface area contributed by atoms with Gasteiger partial charge in [-0.05, 0) is 24.3 Å². The second-order valence-electron chi connectivity index (χ2n) is 4.43. The number of cyclic esters (lactones) is 4. The highest BCUT2D eigenvalue weighted by Crippen LogP contribution is 2.36. The van der Waals surface area contributed by atoms with E-state index in [2.05, 4.69) is 9.47 Å². The average Bonchev–Trinajstić information content (AvgIpc) is 2.61. The van der Waals surface area contributed by atoms with E-state index in [9.17, 15) is 19.2 Å². The molecule has 0 amide bonds. The van der Waals surface area contributed by atoms with Gasteiger partial charge in [0.05, 0.1) is 22.3 Å². The minimum Gasteiger partial charge on any atom is -0.386 e. The molecule has 6 nitrogen and oxygen atoms in total. The van der Waals surface area contributed by atoms with Gasteiger partial charge in [-0.15, -0.1) is 0 Å². The molecule has 0 aromatic heterocycles. The van der Waals surface area contributed by atoms with Crippen molar-refractivity contribution in [3.63, 3.8) is 0 Å². The van der Waals surface area contributed by atoms with E-state index in [-0.39, 0.29) is 33.0 Å². The SMILES string of the molecule is CC.CC.O=C1OC(=O)c2ccc3c4c(ccc1c24)C(=O)OC3=O. The summed E-state index contributed by atoms with van der Waals surface area (Å²) in [6.07, 6.45) is 0. The first-order valence-corrected chi connectivity index (χ1v) is 7.70. The fourth-order valence-corrected chi connectivity index (χ4v) is 2.56. The third kappa shape index (κ3) is 2.36. The van der Waals surface area contributed by atoms with E-state index >= 15 is 0 Å². The first kappa shape index (κ1) is 17.3. The van der Waals surface area contributed by atoms with Crippen LogP contribution in [0.5, 0.6) is 0 Å². The molecule has 0 spiro atoms. The van der Waals surface area contributed by atoms with Crippen LogP contribution in [-0.2, 0) is 9.47 Å². The molecule has 0 saturated carbocycles. The zero-order valence-corrected chi connectivity index (χ0v) is 13.8. The zero-order valence-electron chi connectivity index (χ0n) is 13.8. The van der Waals surface area contributed by atoms with Crippen molar-refractivity contribution in [1.82, 2.24) is 0 Å². The topological polar surface area (TPSA) is 86.7 Å². The van der Waals surface area contributed by atoms with Crippen LogP contribution in [0.25, 0.3) is 10.8 Å². The number of benzene rings is 2. The van der Waals surface area contributed by atoms with Crippen LogP contribution in [0.1, 0.15) is 69.1 Å². The average molecular weight is 328 g/mol. The number of esters is 4. The molecule has 0 fully saturated rings. The van der Waals surface area contributed by atoms with Gasteiger partial charge in [0, 0.05) is 10.8 Å². The Balaban J connectivity index is 0.000000487. The molecular weight excluding hydrogens is 312 g/mol. The Morgan fingerprint density at radius 2 is 0.708 bits per heavy atom. The number of carbonyl (C=O) groups is 4. The molecule has 0 N–H and O–H groups in total. The van der Waals surface area contributed by atoms with Gasteiger partial charge in [0.25, 0.3) is 0 Å². The molecule has 2 aromatic carbocycles. The van der Waals surface area contributed by atoms with Crippen LogP contribution < -0.4 is 0 Å². The minimum atomic E-state index is -0.794. The summed E-state index contributed by atoms with van der Waals surface area (Å²) in [6, 6.07) is 5.54. The van der Waals surface area contributed by atoms with Gasteiger partial charge in [0.15, 0.2) is 0 Å². The lowest BCUT2D eigenvalue weighted by Crippen LogP contribution is -2.25. The van der Waals surface area contributed by atoms with E-state index in [1.165, 1.54) is 24.3 Å². The molecule has 2 aliphatic heterocycles. The van der Waals surface area contributed by atoms with Crippen LogP contribution in [0.3, 0.4) is 0 Å². The van der Waals surface area contributed by atoms with Crippen molar-refractivity contribution in [3.8, 4) is 0 Å². The quantitative estimate of drug-likeness (QED) is 0.543. The van der Waals surface area contributed by atoms with Crippen LogP contribution >= 0.6 is 0 Å². The van der Waals surface area contributed by atoms with Crippen molar-refractivity contribution in [2.45, 2.75) is 27.7 Å². The van der Waals surface area contributed by atoms with E-state index < -0.39 is 23.9 Å². The first-order valence-electron chi connectivity index (χ1n) is 7.70. The van der Waals surface area contributed by atoms with E-state index in [1.807, 2.05) is 27.7 Å². The summed E-state index contributed by atoms with van der Waals surface area (Å²) in [4.78, 5) is 46.9. The van der Waals surface area contributed by atoms with Gasteiger partial charge in [0.1, 0.15) is 0 Å². The van der Waals surface area contributed by atoms with Gasteiger partial charge in [-0.25, -0.2) is 19.2 Å². The minimum absolute atomic E-state index is 0.155. The fourth-order valence-electron chi connectivity index (χ4n) is 2.56. The molecule has 0 radical (unpaired) electrons. The van der Waals surface area contributed by atoms with Gasteiger partial charge in [-0.3, -0.25) is 0 Å². The third-order valence-electron chi connectivity index (χ3n) is 3.41. The molecule has 0 atom stereocenters. The summed E-state index contributed by atoms with van der Waals surface area (Å²) in [6.45, 7) is 8.00. The summed E-state index contributed by atoms with van der Waals surface area (Å²) < 4.78 is 9.22. The Hall–Kier alpha value is -3.02. The Morgan fingerprint density at radius 3 is 0.917 bits per heavy atom. The summed E-state index contributed by atoms with van der Waals surface area (Å²) in [5, 5.41) is 0.539. The molecule has 2 aliphatic rings. The molecule has 4 rings (SSSR count). The Labute approximate surface area is 138 Å². The number of carbonyl (C=O) groups excluding carboxylic acids is 4. The summed E-state index contributed by atoms with van der Waals surface area (Å²) >= 11 is 0. The molecule has 0 bridgehead atoms. The lowest BCUT2D eigenvalue weighted by Gasteiger charge is -2.21. The van der Waals surface area contributed by atoms with Crippen LogP contribution in [0.15, 0.2) is 24.3 Å². The Bertz CT molecular complexity index is 739. The summed E-state index contributed by atoms with van der Waals surface area (Å²) in [5.74, 6) is -3.18. The highest BCUT2D eigenvalue weighted by atomic mass is 16.6. The Kier molecular flexibility index (Phi) is 4.78. The second-order valence-corrected chi connectivity index (χ2v) is 4.43. The lowest BCUT2D eigenvalue weighted by atomic mass is 9.89. The van der Waals surface area contributed by atoms with Crippen LogP contribution in [0, 0.1) is 0 Å². The third-order valence-corrected chi connectivity index (χ3v) is 3.41. The van der Waals surface area contributed by atoms with Gasteiger partial charge in [0.2, 0.25) is 0 Å². The van der Waals surface area contributed by atoms with Crippen LogP contribution in [0.4, 0.5) is 0 Å². The first-order chi connectivity index (χ1) is 11.6. The number of rotatable bonds is 0. The maximum atomic E-state index is 11.7. The molecular formula is C18H16O6. The molecule has 0 aliphatic carbocycles. The van der Waals surface area contributed by atoms with E-state index in [4.69, 9.17) is 0 Å². The van der Waals surface area contributed by atoms with Gasteiger partial charge >= 0.3 is 23.9 Å². The highest BCUT2D eigenvalue weighted by Gasteiger charge is 2.34. The van der Waals surface area contributed by atoms with Crippen molar-refractivity contribution >= 4 is 34.6 Å². The monoisotopic (exact) mass is 328 g/mol. The van der Waals surface area contributed by atoms with Gasteiger partial charge in [-0.2, -0.15) is 0 Å². The summed E-state index contributed by atoms with van der Waals surface area (Å²) in [7, 11) is 0. The van der Waals surface area contributed by atoms with Crippen molar-refractivity contribution in [3.05, 3.63) is 46.5 Å². The van der Waals surface area contributed by atoms with Crippen molar-refractivity contribution in [2.75, 3.05) is 0 Å². The lowest BCUT2D eigenvalue weighted by molar-refractivity contribution is 0.0366. The number of ether oxygens (including phenoxy) is 2. The number of hydrogen-bond donors (Lipinski definition) is 0. The van der Waals surface area contributed by atoms with E-state index in [1.54, 1.807) is 0 Å². The second kappa shape index (κ2) is 6.62. The predicted octanol–water partition coefficient (Wildman–Crippen LogP) is 3.51. The van der Waals surface area contributed by atoms with E-state index in [0.29, 0.717) is 0 Å². The van der Waals surface area contributed by atoms with E-state index in [0.717, 1.165) is 0 Å². The highest BCUT2D eigenvalue weighted by molar-refractivity contribution is 6.29. The van der Waals surface area contributed by atoms with Crippen LogP contribution in [0.2, 0.25) is 0 Å². The molecule has 124 valence electrons. The molecule has 24 heavy (non-hydrogen) atoms. The maximum Gasteiger partial charge on any atom is 0.346 e. The summed E-state index contributed by atoms with van der Waals surface area (Å²) in [5.41, 5.74) is 0.621.